The van der Waals surface area contributed by atoms with Crippen molar-refractivity contribution in [1.82, 2.24) is 14.9 Å². The molecule has 1 aliphatic rings. The lowest BCUT2D eigenvalue weighted by atomic mass is 10.1. The molecule has 0 radical (unpaired) electrons. The van der Waals surface area contributed by atoms with Gasteiger partial charge in [0.25, 0.3) is 11.8 Å². The minimum atomic E-state index is -0.186. The van der Waals surface area contributed by atoms with Crippen molar-refractivity contribution < 1.29 is 14.3 Å². The molecule has 2 amide bonds. The monoisotopic (exact) mass is 349 g/mol. The van der Waals surface area contributed by atoms with Gasteiger partial charge in [0.15, 0.2) is 0 Å². The molecular formula is C20H19N3O3. The van der Waals surface area contributed by atoms with Crippen LogP contribution in [-0.4, -0.2) is 39.8 Å². The number of fused-ring (bicyclic) bond motifs is 2. The van der Waals surface area contributed by atoms with Crippen LogP contribution in [-0.2, 0) is 0 Å². The maximum Gasteiger partial charge on any atom is 0.261 e. The fourth-order valence-corrected chi connectivity index (χ4v) is 3.18. The van der Waals surface area contributed by atoms with Crippen LogP contribution in [0.1, 0.15) is 40.0 Å². The van der Waals surface area contributed by atoms with E-state index in [9.17, 15) is 9.59 Å². The summed E-state index contributed by atoms with van der Waals surface area (Å²) in [4.78, 5) is 33.1. The SMILES string of the molecule is O=C1c2ccccc2C(=O)N1CCCCCOc1ccc2[nH]cnc2c1. The second-order valence-electron chi connectivity index (χ2n) is 6.30. The van der Waals surface area contributed by atoms with E-state index in [1.165, 1.54) is 4.90 Å². The Balaban J connectivity index is 1.21. The Bertz CT molecular complexity index is 929. The van der Waals surface area contributed by atoms with Crippen LogP contribution in [0.3, 0.4) is 0 Å². The number of carbonyl (C=O) groups excluding carboxylic acids is 2. The van der Waals surface area contributed by atoms with E-state index >= 15 is 0 Å². The highest BCUT2D eigenvalue weighted by Crippen LogP contribution is 2.23. The van der Waals surface area contributed by atoms with Gasteiger partial charge in [-0.15, -0.1) is 0 Å². The number of hydrogen-bond acceptors (Lipinski definition) is 4. The number of amides is 2. The van der Waals surface area contributed by atoms with Gasteiger partial charge in [-0.2, -0.15) is 0 Å². The van der Waals surface area contributed by atoms with E-state index in [-0.39, 0.29) is 11.8 Å². The second kappa shape index (κ2) is 7.00. The van der Waals surface area contributed by atoms with Gasteiger partial charge in [-0.05, 0) is 43.5 Å². The Morgan fingerprint density at radius 1 is 0.962 bits per heavy atom. The Hall–Kier alpha value is -3.15. The summed E-state index contributed by atoms with van der Waals surface area (Å²) in [7, 11) is 0. The fraction of sp³-hybridized carbons (Fsp3) is 0.250. The smallest absolute Gasteiger partial charge is 0.261 e. The van der Waals surface area contributed by atoms with Gasteiger partial charge in [-0.25, -0.2) is 4.98 Å². The zero-order valence-electron chi connectivity index (χ0n) is 14.3. The standard InChI is InChI=1S/C20H19N3O3/c24-19-15-6-2-3-7-16(15)20(25)23(19)10-4-1-5-11-26-14-8-9-17-18(12-14)22-13-21-17/h2-3,6-9,12-13H,1,4-5,10-11H2,(H,21,22). The van der Waals surface area contributed by atoms with Crippen molar-refractivity contribution in [3.8, 4) is 5.75 Å². The second-order valence-corrected chi connectivity index (χ2v) is 6.30. The molecule has 4 rings (SSSR count). The fourth-order valence-electron chi connectivity index (χ4n) is 3.18. The lowest BCUT2D eigenvalue weighted by Gasteiger charge is -2.13. The minimum Gasteiger partial charge on any atom is -0.494 e. The number of H-pyrrole nitrogens is 1. The summed E-state index contributed by atoms with van der Waals surface area (Å²) in [5.74, 6) is 0.424. The predicted octanol–water partition coefficient (Wildman–Crippen LogP) is 3.41. The van der Waals surface area contributed by atoms with Crippen molar-refractivity contribution in [1.29, 1.82) is 0 Å². The molecule has 1 aromatic heterocycles. The number of carbonyl (C=O) groups is 2. The molecule has 0 aliphatic carbocycles. The Morgan fingerprint density at radius 3 is 2.50 bits per heavy atom. The molecule has 2 aromatic carbocycles. The van der Waals surface area contributed by atoms with Gasteiger partial charge in [-0.1, -0.05) is 12.1 Å². The average Bonchev–Trinajstić information content (AvgIpc) is 3.22. The lowest BCUT2D eigenvalue weighted by Crippen LogP contribution is -2.30. The van der Waals surface area contributed by atoms with Gasteiger partial charge in [0, 0.05) is 12.6 Å². The molecule has 0 saturated heterocycles. The molecule has 0 saturated carbocycles. The molecule has 132 valence electrons. The number of unbranched alkanes of at least 4 members (excludes halogenated alkanes) is 2. The number of imide groups is 1. The molecule has 1 N–H and O–H groups in total. The van der Waals surface area contributed by atoms with E-state index in [0.29, 0.717) is 24.3 Å². The molecule has 26 heavy (non-hydrogen) atoms. The number of imidazole rings is 1. The van der Waals surface area contributed by atoms with Gasteiger partial charge in [0.05, 0.1) is 35.1 Å². The van der Waals surface area contributed by atoms with Crippen molar-refractivity contribution in [3.63, 3.8) is 0 Å². The van der Waals surface area contributed by atoms with Crippen LogP contribution in [0.25, 0.3) is 11.0 Å². The summed E-state index contributed by atoms with van der Waals surface area (Å²) in [6.45, 7) is 1.05. The molecule has 2 heterocycles. The first kappa shape index (κ1) is 16.3. The Kier molecular flexibility index (Phi) is 4.39. The predicted molar refractivity (Wildman–Crippen MR) is 97.2 cm³/mol. The van der Waals surface area contributed by atoms with Crippen molar-refractivity contribution in [2.24, 2.45) is 0 Å². The van der Waals surface area contributed by atoms with Gasteiger partial charge in [0.1, 0.15) is 5.75 Å². The maximum absolute atomic E-state index is 12.3. The van der Waals surface area contributed by atoms with Gasteiger partial charge >= 0.3 is 0 Å². The first-order valence-corrected chi connectivity index (χ1v) is 8.75. The van der Waals surface area contributed by atoms with E-state index in [4.69, 9.17) is 4.74 Å². The highest BCUT2D eigenvalue weighted by atomic mass is 16.5. The van der Waals surface area contributed by atoms with E-state index in [2.05, 4.69) is 9.97 Å². The minimum absolute atomic E-state index is 0.186. The van der Waals surface area contributed by atoms with E-state index in [1.807, 2.05) is 18.2 Å². The molecule has 0 bridgehead atoms. The third-order valence-corrected chi connectivity index (χ3v) is 4.57. The number of nitrogens with zero attached hydrogens (tertiary/aromatic N) is 2. The number of hydrogen-bond donors (Lipinski definition) is 1. The van der Waals surface area contributed by atoms with Gasteiger partial charge in [-0.3, -0.25) is 14.5 Å². The van der Waals surface area contributed by atoms with Crippen molar-refractivity contribution in [2.75, 3.05) is 13.2 Å². The zero-order chi connectivity index (χ0) is 17.9. The van der Waals surface area contributed by atoms with Crippen LogP contribution in [0, 0.1) is 0 Å². The summed E-state index contributed by atoms with van der Waals surface area (Å²) in [6, 6.07) is 12.7. The summed E-state index contributed by atoms with van der Waals surface area (Å²) >= 11 is 0. The van der Waals surface area contributed by atoms with E-state index in [0.717, 1.165) is 36.0 Å². The average molecular weight is 349 g/mol. The topological polar surface area (TPSA) is 75.3 Å². The van der Waals surface area contributed by atoms with Crippen LogP contribution in [0.2, 0.25) is 0 Å². The lowest BCUT2D eigenvalue weighted by molar-refractivity contribution is 0.0651. The highest BCUT2D eigenvalue weighted by Gasteiger charge is 2.34. The number of aromatic amines is 1. The summed E-state index contributed by atoms with van der Waals surface area (Å²) < 4.78 is 5.75. The molecule has 0 atom stereocenters. The number of rotatable bonds is 7. The van der Waals surface area contributed by atoms with Crippen molar-refractivity contribution in [2.45, 2.75) is 19.3 Å². The highest BCUT2D eigenvalue weighted by molar-refractivity contribution is 6.21. The normalized spacial score (nSPS) is 13.5. The first-order valence-electron chi connectivity index (χ1n) is 8.75. The quantitative estimate of drug-likeness (QED) is 0.524. The van der Waals surface area contributed by atoms with E-state index < -0.39 is 0 Å². The molecule has 3 aromatic rings. The summed E-state index contributed by atoms with van der Waals surface area (Å²) in [5.41, 5.74) is 2.88. The van der Waals surface area contributed by atoms with Gasteiger partial charge < -0.3 is 9.72 Å². The Morgan fingerprint density at radius 2 is 1.73 bits per heavy atom. The largest absolute Gasteiger partial charge is 0.494 e. The van der Waals surface area contributed by atoms with Crippen LogP contribution < -0.4 is 4.74 Å². The van der Waals surface area contributed by atoms with Gasteiger partial charge in [0.2, 0.25) is 0 Å². The number of ether oxygens (including phenoxy) is 1. The van der Waals surface area contributed by atoms with Crippen molar-refractivity contribution in [3.05, 3.63) is 59.9 Å². The molecule has 1 aliphatic heterocycles. The molecule has 0 unspecified atom stereocenters. The number of nitrogens with one attached hydrogen (secondary N) is 1. The molecule has 0 spiro atoms. The summed E-state index contributed by atoms with van der Waals surface area (Å²) in [5, 5.41) is 0. The third-order valence-electron chi connectivity index (χ3n) is 4.57. The Labute approximate surface area is 150 Å². The van der Waals surface area contributed by atoms with Crippen LogP contribution in [0.15, 0.2) is 48.8 Å². The molecule has 0 fully saturated rings. The molecule has 6 heteroatoms. The van der Waals surface area contributed by atoms with Crippen LogP contribution >= 0.6 is 0 Å². The van der Waals surface area contributed by atoms with Crippen molar-refractivity contribution >= 4 is 22.8 Å². The maximum atomic E-state index is 12.3. The summed E-state index contributed by atoms with van der Waals surface area (Å²) in [6.07, 6.45) is 4.18. The zero-order valence-corrected chi connectivity index (χ0v) is 14.3. The third kappa shape index (κ3) is 3.06. The van der Waals surface area contributed by atoms with E-state index in [1.54, 1.807) is 30.6 Å². The molecular weight excluding hydrogens is 330 g/mol. The number of benzene rings is 2. The first-order chi connectivity index (χ1) is 12.7. The van der Waals surface area contributed by atoms with Crippen LogP contribution in [0.4, 0.5) is 0 Å². The number of aromatic nitrogens is 2. The van der Waals surface area contributed by atoms with Crippen LogP contribution in [0.5, 0.6) is 5.75 Å². The molecule has 6 nitrogen and oxygen atoms in total.